The van der Waals surface area contributed by atoms with E-state index in [1.807, 2.05) is 12.1 Å². The van der Waals surface area contributed by atoms with Gasteiger partial charge in [0.1, 0.15) is 17.7 Å². The fraction of sp³-hybridized carbons (Fsp3) is 0.273. The number of rotatable bonds is 6. The lowest BCUT2D eigenvalue weighted by atomic mass is 10.2. The van der Waals surface area contributed by atoms with Gasteiger partial charge in [0.05, 0.1) is 25.0 Å². The second-order valence-electron chi connectivity index (χ2n) is 7.88. The predicted molar refractivity (Wildman–Crippen MR) is 131 cm³/mol. The average molecular weight is 481 g/mol. The molecule has 1 fully saturated rings. The number of H-pyrrole nitrogens is 1. The van der Waals surface area contributed by atoms with Crippen molar-refractivity contribution < 1.29 is 13.2 Å². The number of nitrogens with one attached hydrogen (secondary N) is 2. The van der Waals surface area contributed by atoms with Crippen LogP contribution in [-0.4, -0.2) is 72.9 Å². The summed E-state index contributed by atoms with van der Waals surface area (Å²) >= 11 is 0. The van der Waals surface area contributed by atoms with Crippen LogP contribution in [0.15, 0.2) is 48.9 Å². The fourth-order valence-corrected chi connectivity index (χ4v) is 4.21. The molecule has 4 aromatic rings. The highest BCUT2D eigenvalue weighted by Gasteiger charge is 2.21. The molecule has 0 bridgehead atoms. The third-order valence-corrected chi connectivity index (χ3v) is 6.80. The highest BCUT2D eigenvalue weighted by Crippen LogP contribution is 2.31. The lowest BCUT2D eigenvalue weighted by Crippen LogP contribution is -2.36. The van der Waals surface area contributed by atoms with Crippen molar-refractivity contribution in [1.82, 2.24) is 24.9 Å². The van der Waals surface area contributed by atoms with Crippen molar-refractivity contribution in [3.63, 3.8) is 0 Å². The van der Waals surface area contributed by atoms with Crippen molar-refractivity contribution in [3.8, 4) is 11.4 Å². The van der Waals surface area contributed by atoms with Crippen molar-refractivity contribution in [2.45, 2.75) is 0 Å². The van der Waals surface area contributed by atoms with Gasteiger partial charge in [0, 0.05) is 37.7 Å². The Hall–Kier alpha value is -3.77. The minimum absolute atomic E-state index is 0.269. The fourth-order valence-electron chi connectivity index (χ4n) is 3.75. The van der Waals surface area contributed by atoms with Gasteiger partial charge in [-0.3, -0.25) is 4.31 Å². The van der Waals surface area contributed by atoms with Gasteiger partial charge in [-0.15, -0.1) is 0 Å². The minimum atomic E-state index is -3.50. The van der Waals surface area contributed by atoms with E-state index in [1.165, 1.54) is 19.6 Å². The van der Waals surface area contributed by atoms with E-state index in [1.54, 1.807) is 12.1 Å². The molecule has 1 saturated heterocycles. The van der Waals surface area contributed by atoms with E-state index in [2.05, 4.69) is 47.3 Å². The Labute approximate surface area is 196 Å². The van der Waals surface area contributed by atoms with Gasteiger partial charge in [-0.25, -0.2) is 28.4 Å². The number of benzene rings is 1. The van der Waals surface area contributed by atoms with E-state index >= 15 is 0 Å². The molecule has 1 aromatic carbocycles. The van der Waals surface area contributed by atoms with Crippen LogP contribution in [0.3, 0.4) is 0 Å². The molecule has 4 heterocycles. The Kier molecular flexibility index (Phi) is 5.75. The Morgan fingerprint density at radius 2 is 1.85 bits per heavy atom. The number of anilines is 4. The number of aromatic nitrogens is 5. The number of fused-ring (bicyclic) bond motifs is 1. The van der Waals surface area contributed by atoms with Gasteiger partial charge in [-0.1, -0.05) is 0 Å². The predicted octanol–water partition coefficient (Wildman–Crippen LogP) is 2.39. The first kappa shape index (κ1) is 22.0. The topological polar surface area (TPSA) is 129 Å². The van der Waals surface area contributed by atoms with Crippen LogP contribution in [0, 0.1) is 0 Å². The molecule has 176 valence electrons. The molecule has 0 aliphatic carbocycles. The van der Waals surface area contributed by atoms with Gasteiger partial charge in [0.15, 0.2) is 17.3 Å². The monoisotopic (exact) mass is 480 g/mol. The molecule has 3 aromatic heterocycles. The maximum atomic E-state index is 12.1. The van der Waals surface area contributed by atoms with Gasteiger partial charge < -0.3 is 19.9 Å². The number of aromatic amines is 1. The maximum Gasteiger partial charge on any atom is 0.233 e. The number of hydrogen-bond acceptors (Lipinski definition) is 9. The highest BCUT2D eigenvalue weighted by atomic mass is 32.2. The largest absolute Gasteiger partial charge is 0.378 e. The van der Waals surface area contributed by atoms with Crippen LogP contribution in [0.5, 0.6) is 0 Å². The van der Waals surface area contributed by atoms with Crippen LogP contribution in [0.1, 0.15) is 0 Å². The highest BCUT2D eigenvalue weighted by molar-refractivity contribution is 7.92. The van der Waals surface area contributed by atoms with Gasteiger partial charge in [0.25, 0.3) is 0 Å². The van der Waals surface area contributed by atoms with Crippen LogP contribution >= 0.6 is 0 Å². The number of pyridine rings is 1. The summed E-state index contributed by atoms with van der Waals surface area (Å²) in [5, 5.41) is 3.32. The average Bonchev–Trinajstić information content (AvgIpc) is 3.29. The molecule has 0 radical (unpaired) electrons. The summed E-state index contributed by atoms with van der Waals surface area (Å²) < 4.78 is 30.7. The van der Waals surface area contributed by atoms with Crippen molar-refractivity contribution in [1.29, 1.82) is 0 Å². The lowest BCUT2D eigenvalue weighted by molar-refractivity contribution is 0.122. The van der Waals surface area contributed by atoms with Crippen molar-refractivity contribution in [2.75, 3.05) is 54.1 Å². The Morgan fingerprint density at radius 3 is 2.59 bits per heavy atom. The summed E-state index contributed by atoms with van der Waals surface area (Å²) in [6, 6.07) is 11.6. The van der Waals surface area contributed by atoms with Gasteiger partial charge >= 0.3 is 0 Å². The Bertz CT molecular complexity index is 1420. The molecule has 12 heteroatoms. The number of ether oxygens (including phenoxy) is 1. The molecule has 0 atom stereocenters. The van der Waals surface area contributed by atoms with Crippen LogP contribution in [-0.2, 0) is 14.8 Å². The van der Waals surface area contributed by atoms with Gasteiger partial charge in [0.2, 0.25) is 10.0 Å². The number of nitrogens with zero attached hydrogens (tertiary/aromatic N) is 6. The maximum absolute atomic E-state index is 12.1. The Balaban J connectivity index is 1.45. The molecular weight excluding hydrogens is 456 g/mol. The summed E-state index contributed by atoms with van der Waals surface area (Å²) in [5.74, 6) is 1.27. The first-order valence-electron chi connectivity index (χ1n) is 10.7. The first-order valence-corrected chi connectivity index (χ1v) is 12.5. The second kappa shape index (κ2) is 8.88. The second-order valence-corrected chi connectivity index (χ2v) is 9.90. The quantitative estimate of drug-likeness (QED) is 0.427. The molecule has 0 unspecified atom stereocenters. The van der Waals surface area contributed by atoms with E-state index < -0.39 is 10.0 Å². The van der Waals surface area contributed by atoms with E-state index in [0.717, 1.165) is 48.2 Å². The molecule has 1 aliphatic rings. The van der Waals surface area contributed by atoms with Crippen molar-refractivity contribution in [3.05, 3.63) is 48.9 Å². The zero-order valence-electron chi connectivity index (χ0n) is 18.8. The minimum Gasteiger partial charge on any atom is -0.378 e. The molecule has 34 heavy (non-hydrogen) atoms. The standard InChI is InChI=1S/C22H24N8O3S/c1-29(34(2,31)32)22-17(4-3-9-23-22)19-27-18-20(24-14-25-21(18)28-19)26-15-5-7-16(8-6-15)30-10-12-33-13-11-30/h3-9,14H,10-13H2,1-2H3,(H2,24,25,26,27,28). The normalized spacial score (nSPS) is 14.4. The Morgan fingerprint density at radius 1 is 1.09 bits per heavy atom. The van der Waals surface area contributed by atoms with E-state index in [4.69, 9.17) is 4.74 Å². The number of morpholine rings is 1. The zero-order valence-corrected chi connectivity index (χ0v) is 19.6. The summed E-state index contributed by atoms with van der Waals surface area (Å²) in [4.78, 5) is 23.0. The summed E-state index contributed by atoms with van der Waals surface area (Å²) in [7, 11) is -2.04. The summed E-state index contributed by atoms with van der Waals surface area (Å²) in [6.45, 7) is 3.22. The third kappa shape index (κ3) is 4.37. The smallest absolute Gasteiger partial charge is 0.233 e. The number of imidazole rings is 1. The molecule has 5 rings (SSSR count). The van der Waals surface area contributed by atoms with Crippen LogP contribution < -0.4 is 14.5 Å². The van der Waals surface area contributed by atoms with E-state index in [9.17, 15) is 8.42 Å². The number of sulfonamides is 1. The summed E-state index contributed by atoms with van der Waals surface area (Å²) in [5.41, 5.74) is 3.60. The van der Waals surface area contributed by atoms with Crippen molar-refractivity contribution in [2.24, 2.45) is 0 Å². The van der Waals surface area contributed by atoms with Gasteiger partial charge in [-0.2, -0.15) is 0 Å². The molecule has 0 spiro atoms. The molecule has 2 N–H and O–H groups in total. The lowest BCUT2D eigenvalue weighted by Gasteiger charge is -2.28. The molecular formula is C22H24N8O3S. The van der Waals surface area contributed by atoms with E-state index in [0.29, 0.717) is 28.4 Å². The molecule has 1 aliphatic heterocycles. The first-order chi connectivity index (χ1) is 16.4. The molecule has 11 nitrogen and oxygen atoms in total. The summed E-state index contributed by atoms with van der Waals surface area (Å²) in [6.07, 6.45) is 4.10. The molecule has 0 amide bonds. The van der Waals surface area contributed by atoms with Crippen LogP contribution in [0.4, 0.5) is 23.0 Å². The van der Waals surface area contributed by atoms with E-state index in [-0.39, 0.29) is 5.82 Å². The third-order valence-electron chi connectivity index (χ3n) is 5.63. The SMILES string of the molecule is CN(c1ncccc1-c1nc2ncnc(Nc3ccc(N4CCOCC4)cc3)c2[nH]1)S(C)(=O)=O. The van der Waals surface area contributed by atoms with Gasteiger partial charge in [-0.05, 0) is 36.4 Å². The van der Waals surface area contributed by atoms with Crippen LogP contribution in [0.25, 0.3) is 22.6 Å². The zero-order chi connectivity index (χ0) is 23.7. The van der Waals surface area contributed by atoms with Crippen LogP contribution in [0.2, 0.25) is 0 Å². The number of hydrogen-bond donors (Lipinski definition) is 2. The molecule has 0 saturated carbocycles. The van der Waals surface area contributed by atoms with Crippen molar-refractivity contribution >= 4 is 44.2 Å².